The molecular weight excluding hydrogens is 192 g/mol. The Kier molecular flexibility index (Phi) is 2.98. The van der Waals surface area contributed by atoms with Gasteiger partial charge in [0.2, 0.25) is 11.8 Å². The van der Waals surface area contributed by atoms with Crippen molar-refractivity contribution in [2.45, 2.75) is 32.7 Å². The Balaban J connectivity index is 2.76. The maximum Gasteiger partial charge on any atom is 0.248 e. The first kappa shape index (κ1) is 11.5. The molecule has 2 N–H and O–H groups in total. The van der Waals surface area contributed by atoms with Crippen molar-refractivity contribution in [2.75, 3.05) is 0 Å². The predicted octanol–water partition coefficient (Wildman–Crippen LogP) is 0.861. The summed E-state index contributed by atoms with van der Waals surface area (Å²) in [5.74, 6) is -0.496. The van der Waals surface area contributed by atoms with Gasteiger partial charge in [-0.2, -0.15) is 0 Å². The van der Waals surface area contributed by atoms with E-state index >= 15 is 0 Å². The molecule has 82 valence electrons. The van der Waals surface area contributed by atoms with Crippen LogP contribution < -0.4 is 10.6 Å². The number of nitrogens with one attached hydrogen (secondary N) is 2. The van der Waals surface area contributed by atoms with Crippen LogP contribution in [0.3, 0.4) is 0 Å². The second-order valence-electron chi connectivity index (χ2n) is 4.64. The van der Waals surface area contributed by atoms with E-state index in [4.69, 9.17) is 0 Å². The fraction of sp³-hybridized carbons (Fsp3) is 0.455. The average molecular weight is 208 g/mol. The number of amides is 2. The number of allylic oxidation sites excluding steroid dienone is 1. The Hall–Kier alpha value is -1.58. The zero-order chi connectivity index (χ0) is 11.6. The normalized spacial score (nSPS) is 16.9. The third-order valence-corrected chi connectivity index (χ3v) is 1.79. The van der Waals surface area contributed by atoms with E-state index in [1.54, 1.807) is 0 Å². The van der Waals surface area contributed by atoms with E-state index in [-0.39, 0.29) is 17.4 Å². The summed E-state index contributed by atoms with van der Waals surface area (Å²) in [6, 6.07) is 0. The molecule has 0 aliphatic carbocycles. The fourth-order valence-corrected chi connectivity index (χ4v) is 1.26. The monoisotopic (exact) mass is 208 g/mol. The molecule has 1 rings (SSSR count). The second kappa shape index (κ2) is 3.88. The minimum atomic E-state index is -0.298. The lowest BCUT2D eigenvalue weighted by molar-refractivity contribution is -0.120. The van der Waals surface area contributed by atoms with Crippen LogP contribution in [0, 0.1) is 0 Å². The zero-order valence-electron chi connectivity index (χ0n) is 9.31. The van der Waals surface area contributed by atoms with Gasteiger partial charge in [0.1, 0.15) is 0 Å². The summed E-state index contributed by atoms with van der Waals surface area (Å²) < 4.78 is 0. The Morgan fingerprint density at radius 1 is 1.53 bits per heavy atom. The highest BCUT2D eigenvalue weighted by atomic mass is 16.2. The van der Waals surface area contributed by atoms with Gasteiger partial charge in [0.25, 0.3) is 0 Å². The lowest BCUT2D eigenvalue weighted by Gasteiger charge is -2.23. The molecule has 0 bridgehead atoms. The average Bonchev–Trinajstić information content (AvgIpc) is 1.98. The van der Waals surface area contributed by atoms with Crippen LogP contribution in [0.15, 0.2) is 23.9 Å². The van der Waals surface area contributed by atoms with Crippen LogP contribution in [0.4, 0.5) is 0 Å². The molecule has 15 heavy (non-hydrogen) atoms. The molecule has 0 aromatic carbocycles. The molecule has 4 heteroatoms. The van der Waals surface area contributed by atoms with Crippen LogP contribution in [0.2, 0.25) is 0 Å². The van der Waals surface area contributed by atoms with Crippen molar-refractivity contribution in [1.82, 2.24) is 10.6 Å². The van der Waals surface area contributed by atoms with Crippen molar-refractivity contribution in [3.63, 3.8) is 0 Å². The standard InChI is InChI=1S/C11H16N2O2/c1-7-5-8(6-9(14)12-7)10(15)13-11(2,3)4/h6H,1,5H2,2-4H3,(H,12,14)(H,13,15). The first-order valence-electron chi connectivity index (χ1n) is 4.80. The predicted molar refractivity (Wildman–Crippen MR) is 57.9 cm³/mol. The van der Waals surface area contributed by atoms with Crippen LogP contribution in [0.5, 0.6) is 0 Å². The summed E-state index contributed by atoms with van der Waals surface area (Å²) >= 11 is 0. The molecule has 0 aromatic heterocycles. The smallest absolute Gasteiger partial charge is 0.248 e. The molecule has 0 saturated heterocycles. The molecular formula is C11H16N2O2. The molecule has 1 aliphatic heterocycles. The van der Waals surface area contributed by atoms with Gasteiger partial charge in [-0.05, 0) is 20.8 Å². The van der Waals surface area contributed by atoms with Gasteiger partial charge in [-0.3, -0.25) is 9.59 Å². The summed E-state index contributed by atoms with van der Waals surface area (Å²) in [6.45, 7) is 9.32. The van der Waals surface area contributed by atoms with Gasteiger partial charge in [-0.15, -0.1) is 0 Å². The summed E-state index contributed by atoms with van der Waals surface area (Å²) in [7, 11) is 0. The van der Waals surface area contributed by atoms with Crippen LogP contribution in [-0.2, 0) is 9.59 Å². The van der Waals surface area contributed by atoms with E-state index < -0.39 is 0 Å². The number of carbonyl (C=O) groups excluding carboxylic acids is 2. The van der Waals surface area contributed by atoms with Crippen molar-refractivity contribution in [1.29, 1.82) is 0 Å². The maximum absolute atomic E-state index is 11.7. The first-order chi connectivity index (χ1) is 6.78. The van der Waals surface area contributed by atoms with Gasteiger partial charge in [0.15, 0.2) is 0 Å². The summed E-state index contributed by atoms with van der Waals surface area (Å²) in [4.78, 5) is 22.8. The van der Waals surface area contributed by atoms with Gasteiger partial charge in [0.05, 0.1) is 0 Å². The van der Waals surface area contributed by atoms with Crippen molar-refractivity contribution in [3.8, 4) is 0 Å². The fourth-order valence-electron chi connectivity index (χ4n) is 1.26. The van der Waals surface area contributed by atoms with Crippen LogP contribution in [0.1, 0.15) is 27.2 Å². The van der Waals surface area contributed by atoms with Crippen molar-refractivity contribution in [3.05, 3.63) is 23.9 Å². The molecule has 0 fully saturated rings. The van der Waals surface area contributed by atoms with Gasteiger partial charge in [-0.1, -0.05) is 6.58 Å². The van der Waals surface area contributed by atoms with E-state index in [1.807, 2.05) is 20.8 Å². The Labute approximate surface area is 89.4 Å². The van der Waals surface area contributed by atoms with Crippen LogP contribution >= 0.6 is 0 Å². The van der Waals surface area contributed by atoms with E-state index in [0.29, 0.717) is 17.7 Å². The van der Waals surface area contributed by atoms with Gasteiger partial charge in [-0.25, -0.2) is 0 Å². The third kappa shape index (κ3) is 3.58. The third-order valence-electron chi connectivity index (χ3n) is 1.79. The van der Waals surface area contributed by atoms with Crippen LogP contribution in [-0.4, -0.2) is 17.4 Å². The molecule has 0 atom stereocenters. The molecule has 1 aliphatic rings. The molecule has 2 amide bonds. The second-order valence-corrected chi connectivity index (χ2v) is 4.64. The van der Waals surface area contributed by atoms with Crippen LogP contribution in [0.25, 0.3) is 0 Å². The van der Waals surface area contributed by atoms with E-state index in [9.17, 15) is 9.59 Å². The Morgan fingerprint density at radius 2 is 2.13 bits per heavy atom. The lowest BCUT2D eigenvalue weighted by atomic mass is 10.0. The highest BCUT2D eigenvalue weighted by molar-refractivity contribution is 6.03. The molecule has 4 nitrogen and oxygen atoms in total. The highest BCUT2D eigenvalue weighted by Gasteiger charge is 2.21. The van der Waals surface area contributed by atoms with Crippen molar-refractivity contribution in [2.24, 2.45) is 0 Å². The van der Waals surface area contributed by atoms with Gasteiger partial charge >= 0.3 is 0 Å². The molecule has 1 heterocycles. The minimum Gasteiger partial charge on any atom is -0.348 e. The van der Waals surface area contributed by atoms with Gasteiger partial charge < -0.3 is 10.6 Å². The SMILES string of the molecule is C=C1CC(C(=O)NC(C)(C)C)=CC(=O)N1. The Morgan fingerprint density at radius 3 is 2.60 bits per heavy atom. The topological polar surface area (TPSA) is 58.2 Å². The molecule has 0 saturated carbocycles. The maximum atomic E-state index is 11.7. The molecule has 0 aromatic rings. The van der Waals surface area contributed by atoms with Crippen molar-refractivity contribution >= 4 is 11.8 Å². The van der Waals surface area contributed by atoms with E-state index in [1.165, 1.54) is 6.08 Å². The summed E-state index contributed by atoms with van der Waals surface area (Å²) in [6.07, 6.45) is 1.71. The van der Waals surface area contributed by atoms with Gasteiger partial charge in [0, 0.05) is 29.3 Å². The summed E-state index contributed by atoms with van der Waals surface area (Å²) in [5.41, 5.74) is 0.716. The number of hydrogen-bond acceptors (Lipinski definition) is 2. The zero-order valence-corrected chi connectivity index (χ0v) is 9.31. The number of rotatable bonds is 1. The molecule has 0 radical (unpaired) electrons. The lowest BCUT2D eigenvalue weighted by Crippen LogP contribution is -2.42. The van der Waals surface area contributed by atoms with E-state index in [2.05, 4.69) is 17.2 Å². The number of hydrogen-bond donors (Lipinski definition) is 2. The molecule has 0 unspecified atom stereocenters. The number of carbonyl (C=O) groups is 2. The minimum absolute atomic E-state index is 0.210. The first-order valence-corrected chi connectivity index (χ1v) is 4.80. The Bertz CT molecular complexity index is 348. The largest absolute Gasteiger partial charge is 0.348 e. The summed E-state index contributed by atoms with van der Waals surface area (Å²) in [5, 5.41) is 5.34. The molecule has 0 spiro atoms. The quantitative estimate of drug-likeness (QED) is 0.671. The highest BCUT2D eigenvalue weighted by Crippen LogP contribution is 2.13. The van der Waals surface area contributed by atoms with Crippen molar-refractivity contribution < 1.29 is 9.59 Å². The van der Waals surface area contributed by atoms with E-state index in [0.717, 1.165) is 0 Å².